The topological polar surface area (TPSA) is 59.4 Å². The largest absolute Gasteiger partial charge is 0.382 e. The summed E-state index contributed by atoms with van der Waals surface area (Å²) < 4.78 is 7.09. The van der Waals surface area contributed by atoms with Gasteiger partial charge in [-0.2, -0.15) is 5.10 Å². The summed E-state index contributed by atoms with van der Waals surface area (Å²) in [6.45, 7) is 10.9. The van der Waals surface area contributed by atoms with Crippen LogP contribution in [0.2, 0.25) is 0 Å². The van der Waals surface area contributed by atoms with Crippen molar-refractivity contribution in [2.45, 2.75) is 45.7 Å². The molecule has 1 aliphatic rings. The van der Waals surface area contributed by atoms with Gasteiger partial charge >= 0.3 is 0 Å². The van der Waals surface area contributed by atoms with E-state index in [2.05, 4.69) is 22.2 Å². The number of hydrogen-bond donors (Lipinski definition) is 1. The number of carbonyl (C=O) groups is 1. The number of nitrogens with zero attached hydrogens (tertiary/aromatic N) is 3. The number of aromatic nitrogens is 2. The molecule has 1 amide bonds. The molecule has 0 saturated carbocycles. The summed E-state index contributed by atoms with van der Waals surface area (Å²) in [4.78, 5) is 14.9. The SMILES string of the molecule is CCOCCCN1CC[C@H](NC(=O)[C@@H](C)n2cccn2)[C@H](C)C1. The lowest BCUT2D eigenvalue weighted by Gasteiger charge is -2.37. The van der Waals surface area contributed by atoms with Gasteiger partial charge < -0.3 is 15.0 Å². The quantitative estimate of drug-likeness (QED) is 0.740. The Balaban J connectivity index is 1.74. The Bertz CT molecular complexity index is 463. The van der Waals surface area contributed by atoms with Crippen LogP contribution in [0.15, 0.2) is 18.5 Å². The van der Waals surface area contributed by atoms with Gasteiger partial charge in [0.15, 0.2) is 0 Å². The molecule has 1 aromatic heterocycles. The van der Waals surface area contributed by atoms with E-state index in [4.69, 9.17) is 4.74 Å². The number of carbonyl (C=O) groups excluding carboxylic acids is 1. The Morgan fingerprint density at radius 1 is 1.52 bits per heavy atom. The Morgan fingerprint density at radius 3 is 3.00 bits per heavy atom. The molecule has 0 spiro atoms. The van der Waals surface area contributed by atoms with Gasteiger partial charge in [0.05, 0.1) is 0 Å². The van der Waals surface area contributed by atoms with Crippen molar-refractivity contribution in [2.75, 3.05) is 32.8 Å². The van der Waals surface area contributed by atoms with Crippen molar-refractivity contribution in [2.24, 2.45) is 5.92 Å². The van der Waals surface area contributed by atoms with E-state index >= 15 is 0 Å². The van der Waals surface area contributed by atoms with Gasteiger partial charge in [0.25, 0.3) is 0 Å². The van der Waals surface area contributed by atoms with E-state index in [0.29, 0.717) is 5.92 Å². The van der Waals surface area contributed by atoms with Crippen LogP contribution in [-0.2, 0) is 9.53 Å². The Kier molecular flexibility index (Phi) is 7.05. The van der Waals surface area contributed by atoms with Crippen molar-refractivity contribution < 1.29 is 9.53 Å². The van der Waals surface area contributed by atoms with Crippen LogP contribution < -0.4 is 5.32 Å². The zero-order valence-corrected chi connectivity index (χ0v) is 14.6. The van der Waals surface area contributed by atoms with E-state index in [1.54, 1.807) is 10.9 Å². The van der Waals surface area contributed by atoms with Gasteiger partial charge in [-0.25, -0.2) is 0 Å². The molecule has 130 valence electrons. The van der Waals surface area contributed by atoms with Crippen molar-refractivity contribution >= 4 is 5.91 Å². The molecule has 2 rings (SSSR count). The molecule has 1 aromatic rings. The van der Waals surface area contributed by atoms with Crippen molar-refractivity contribution in [1.82, 2.24) is 20.0 Å². The molecule has 0 aliphatic carbocycles. The maximum Gasteiger partial charge on any atom is 0.244 e. The first-order valence-electron chi connectivity index (χ1n) is 8.71. The fourth-order valence-corrected chi connectivity index (χ4v) is 3.12. The molecular weight excluding hydrogens is 292 g/mol. The van der Waals surface area contributed by atoms with Gasteiger partial charge in [0, 0.05) is 51.3 Å². The van der Waals surface area contributed by atoms with E-state index in [1.165, 1.54) is 0 Å². The predicted octanol–water partition coefficient (Wildman–Crippen LogP) is 1.70. The highest BCUT2D eigenvalue weighted by Crippen LogP contribution is 2.18. The number of nitrogens with one attached hydrogen (secondary N) is 1. The van der Waals surface area contributed by atoms with Gasteiger partial charge in [0.2, 0.25) is 5.91 Å². The van der Waals surface area contributed by atoms with Crippen LogP contribution in [-0.4, -0.2) is 59.5 Å². The van der Waals surface area contributed by atoms with Gasteiger partial charge in [-0.05, 0) is 38.7 Å². The molecule has 0 bridgehead atoms. The first-order valence-corrected chi connectivity index (χ1v) is 8.71. The van der Waals surface area contributed by atoms with Crippen molar-refractivity contribution in [3.8, 4) is 0 Å². The fourth-order valence-electron chi connectivity index (χ4n) is 3.12. The van der Waals surface area contributed by atoms with Crippen molar-refractivity contribution in [3.63, 3.8) is 0 Å². The average Bonchev–Trinajstić information content (AvgIpc) is 3.07. The van der Waals surface area contributed by atoms with Crippen molar-refractivity contribution in [3.05, 3.63) is 18.5 Å². The number of hydrogen-bond acceptors (Lipinski definition) is 4. The zero-order valence-electron chi connectivity index (χ0n) is 14.6. The summed E-state index contributed by atoms with van der Waals surface area (Å²) in [6, 6.07) is 1.83. The molecule has 1 fully saturated rings. The summed E-state index contributed by atoms with van der Waals surface area (Å²) >= 11 is 0. The second-order valence-electron chi connectivity index (χ2n) is 6.39. The second kappa shape index (κ2) is 9.03. The van der Waals surface area contributed by atoms with E-state index in [1.807, 2.05) is 26.1 Å². The third-order valence-corrected chi connectivity index (χ3v) is 4.59. The Hall–Kier alpha value is -1.40. The molecular formula is C17H30N4O2. The normalized spacial score (nSPS) is 23.6. The summed E-state index contributed by atoms with van der Waals surface area (Å²) in [5, 5.41) is 7.35. The van der Waals surface area contributed by atoms with Crippen molar-refractivity contribution in [1.29, 1.82) is 0 Å². The van der Waals surface area contributed by atoms with E-state index in [-0.39, 0.29) is 18.0 Å². The molecule has 23 heavy (non-hydrogen) atoms. The van der Waals surface area contributed by atoms with Gasteiger partial charge in [0.1, 0.15) is 6.04 Å². The van der Waals surface area contributed by atoms with Crippen LogP contribution >= 0.6 is 0 Å². The number of amides is 1. The van der Waals surface area contributed by atoms with Crippen LogP contribution in [0, 0.1) is 5.92 Å². The van der Waals surface area contributed by atoms with Gasteiger partial charge in [-0.1, -0.05) is 6.92 Å². The molecule has 1 aliphatic heterocycles. The Labute approximate surface area is 139 Å². The molecule has 0 aromatic carbocycles. The molecule has 1 N–H and O–H groups in total. The first-order chi connectivity index (χ1) is 11.1. The minimum absolute atomic E-state index is 0.0512. The zero-order chi connectivity index (χ0) is 16.7. The average molecular weight is 322 g/mol. The van der Waals surface area contributed by atoms with Crippen LogP contribution in [0.4, 0.5) is 0 Å². The fraction of sp³-hybridized carbons (Fsp3) is 0.765. The third kappa shape index (κ3) is 5.32. The monoisotopic (exact) mass is 322 g/mol. The first kappa shape index (κ1) is 17.9. The summed E-state index contributed by atoms with van der Waals surface area (Å²) in [6.07, 6.45) is 5.61. The molecule has 0 unspecified atom stereocenters. The lowest BCUT2D eigenvalue weighted by molar-refractivity contribution is -0.125. The Morgan fingerprint density at radius 2 is 2.35 bits per heavy atom. The summed E-state index contributed by atoms with van der Waals surface area (Å²) in [5.41, 5.74) is 0. The smallest absolute Gasteiger partial charge is 0.244 e. The number of likely N-dealkylation sites (tertiary alicyclic amines) is 1. The van der Waals surface area contributed by atoms with Crippen LogP contribution in [0.1, 0.15) is 39.7 Å². The van der Waals surface area contributed by atoms with Crippen LogP contribution in [0.3, 0.4) is 0 Å². The number of ether oxygens (including phenoxy) is 1. The molecule has 0 radical (unpaired) electrons. The second-order valence-corrected chi connectivity index (χ2v) is 6.39. The number of rotatable bonds is 8. The van der Waals surface area contributed by atoms with Gasteiger partial charge in [-0.15, -0.1) is 0 Å². The minimum Gasteiger partial charge on any atom is -0.382 e. The molecule has 6 heteroatoms. The molecule has 2 heterocycles. The summed E-state index contributed by atoms with van der Waals surface area (Å²) in [7, 11) is 0. The molecule has 1 saturated heterocycles. The predicted molar refractivity (Wildman–Crippen MR) is 90.2 cm³/mol. The molecule has 3 atom stereocenters. The lowest BCUT2D eigenvalue weighted by atomic mass is 9.93. The highest BCUT2D eigenvalue weighted by Gasteiger charge is 2.28. The molecule has 6 nitrogen and oxygen atoms in total. The highest BCUT2D eigenvalue weighted by molar-refractivity contribution is 5.80. The highest BCUT2D eigenvalue weighted by atomic mass is 16.5. The van der Waals surface area contributed by atoms with Gasteiger partial charge in [-0.3, -0.25) is 9.48 Å². The lowest BCUT2D eigenvalue weighted by Crippen LogP contribution is -2.51. The van der Waals surface area contributed by atoms with E-state index in [0.717, 1.165) is 45.7 Å². The van der Waals surface area contributed by atoms with E-state index in [9.17, 15) is 4.79 Å². The summed E-state index contributed by atoms with van der Waals surface area (Å²) in [5.74, 6) is 0.514. The third-order valence-electron chi connectivity index (χ3n) is 4.59. The van der Waals surface area contributed by atoms with Crippen LogP contribution in [0.25, 0.3) is 0 Å². The maximum absolute atomic E-state index is 12.4. The maximum atomic E-state index is 12.4. The number of piperidine rings is 1. The van der Waals surface area contributed by atoms with Crippen LogP contribution in [0.5, 0.6) is 0 Å². The minimum atomic E-state index is -0.263. The standard InChI is InChI=1S/C17H30N4O2/c1-4-23-12-6-9-20-11-7-16(14(2)13-20)19-17(22)15(3)21-10-5-8-18-21/h5,8,10,14-16H,4,6-7,9,11-13H2,1-3H3,(H,19,22)/t14-,15-,16+/m1/s1. The van der Waals surface area contributed by atoms with E-state index < -0.39 is 0 Å².